The highest BCUT2D eigenvalue weighted by atomic mass is 16.5. The van der Waals surface area contributed by atoms with Gasteiger partial charge in [0, 0.05) is 18.3 Å². The first-order chi connectivity index (χ1) is 13.0. The number of anilines is 1. The van der Waals surface area contributed by atoms with Gasteiger partial charge < -0.3 is 19.7 Å². The highest BCUT2D eigenvalue weighted by molar-refractivity contribution is 5.90. The first kappa shape index (κ1) is 20.1. The van der Waals surface area contributed by atoms with E-state index in [1.165, 1.54) is 0 Å². The van der Waals surface area contributed by atoms with E-state index in [0.29, 0.717) is 35.9 Å². The monoisotopic (exact) mass is 367 g/mol. The van der Waals surface area contributed by atoms with Crippen molar-refractivity contribution >= 4 is 11.7 Å². The Balaban J connectivity index is 2.16. The summed E-state index contributed by atoms with van der Waals surface area (Å²) < 4.78 is 11.1. The van der Waals surface area contributed by atoms with E-state index < -0.39 is 0 Å². The SMILES string of the molecule is CCOc1c(CN(C)C(=O)Nc2ccc(C#N)cc2CC)cccc1OC. The lowest BCUT2D eigenvalue weighted by Gasteiger charge is -2.21. The molecule has 0 bridgehead atoms. The Hall–Kier alpha value is -3.20. The average Bonchev–Trinajstić information content (AvgIpc) is 2.69. The van der Waals surface area contributed by atoms with Gasteiger partial charge in [-0.05, 0) is 43.2 Å². The largest absolute Gasteiger partial charge is 0.493 e. The van der Waals surface area contributed by atoms with Crippen molar-refractivity contribution in [1.29, 1.82) is 5.26 Å². The fourth-order valence-corrected chi connectivity index (χ4v) is 2.77. The molecule has 0 unspecified atom stereocenters. The molecule has 0 spiro atoms. The first-order valence-corrected chi connectivity index (χ1v) is 8.87. The van der Waals surface area contributed by atoms with E-state index in [1.807, 2.05) is 32.0 Å². The molecule has 2 amide bonds. The number of amides is 2. The predicted octanol–water partition coefficient (Wildman–Crippen LogP) is 4.19. The van der Waals surface area contributed by atoms with Gasteiger partial charge in [-0.3, -0.25) is 0 Å². The van der Waals surface area contributed by atoms with E-state index in [-0.39, 0.29) is 6.03 Å². The van der Waals surface area contributed by atoms with Crippen LogP contribution >= 0.6 is 0 Å². The maximum Gasteiger partial charge on any atom is 0.321 e. The van der Waals surface area contributed by atoms with Crippen LogP contribution in [0.15, 0.2) is 36.4 Å². The van der Waals surface area contributed by atoms with Crippen molar-refractivity contribution in [2.75, 3.05) is 26.1 Å². The lowest BCUT2D eigenvalue weighted by Crippen LogP contribution is -2.31. The van der Waals surface area contributed by atoms with Crippen molar-refractivity contribution in [2.24, 2.45) is 0 Å². The number of hydrogen-bond acceptors (Lipinski definition) is 4. The molecule has 0 aliphatic rings. The summed E-state index contributed by atoms with van der Waals surface area (Å²) in [5, 5.41) is 11.9. The van der Waals surface area contributed by atoms with Gasteiger partial charge in [0.05, 0.1) is 31.9 Å². The number of nitrogens with zero attached hydrogens (tertiary/aromatic N) is 2. The van der Waals surface area contributed by atoms with Crippen molar-refractivity contribution < 1.29 is 14.3 Å². The van der Waals surface area contributed by atoms with Crippen LogP contribution in [-0.4, -0.2) is 31.7 Å². The third kappa shape index (κ3) is 4.91. The van der Waals surface area contributed by atoms with E-state index in [4.69, 9.17) is 14.7 Å². The molecule has 0 fully saturated rings. The summed E-state index contributed by atoms with van der Waals surface area (Å²) in [5.41, 5.74) is 3.08. The van der Waals surface area contributed by atoms with Crippen LogP contribution in [0, 0.1) is 11.3 Å². The molecular formula is C21H25N3O3. The van der Waals surface area contributed by atoms with E-state index >= 15 is 0 Å². The number of benzene rings is 2. The summed E-state index contributed by atoms with van der Waals surface area (Å²) >= 11 is 0. The van der Waals surface area contributed by atoms with Crippen LogP contribution in [0.1, 0.15) is 30.5 Å². The zero-order chi connectivity index (χ0) is 19.8. The summed E-state index contributed by atoms with van der Waals surface area (Å²) in [7, 11) is 3.31. The average molecular weight is 367 g/mol. The Bertz CT molecular complexity index is 843. The number of urea groups is 1. The van der Waals surface area contributed by atoms with Crippen molar-refractivity contribution in [1.82, 2.24) is 4.90 Å². The van der Waals surface area contributed by atoms with Gasteiger partial charge in [0.1, 0.15) is 0 Å². The van der Waals surface area contributed by atoms with Crippen LogP contribution in [0.5, 0.6) is 11.5 Å². The summed E-state index contributed by atoms with van der Waals surface area (Å²) in [4.78, 5) is 14.2. The Labute approximate surface area is 160 Å². The molecule has 2 rings (SSSR count). The van der Waals surface area contributed by atoms with Gasteiger partial charge in [0.2, 0.25) is 0 Å². The van der Waals surface area contributed by atoms with E-state index in [0.717, 1.165) is 17.5 Å². The third-order valence-corrected chi connectivity index (χ3v) is 4.18. The zero-order valence-corrected chi connectivity index (χ0v) is 16.2. The quantitative estimate of drug-likeness (QED) is 0.796. The van der Waals surface area contributed by atoms with Crippen LogP contribution in [0.2, 0.25) is 0 Å². The zero-order valence-electron chi connectivity index (χ0n) is 16.2. The van der Waals surface area contributed by atoms with Gasteiger partial charge in [0.15, 0.2) is 11.5 Å². The molecule has 6 heteroatoms. The number of nitriles is 1. The second kappa shape index (κ2) is 9.48. The molecule has 0 atom stereocenters. The number of hydrogen-bond donors (Lipinski definition) is 1. The molecule has 142 valence electrons. The van der Waals surface area contributed by atoms with E-state index in [1.54, 1.807) is 37.3 Å². The summed E-state index contributed by atoms with van der Waals surface area (Å²) in [6.45, 7) is 4.77. The van der Waals surface area contributed by atoms with Crippen LogP contribution in [0.25, 0.3) is 0 Å². The number of aryl methyl sites for hydroxylation is 1. The molecule has 2 aromatic rings. The molecule has 1 N–H and O–H groups in total. The van der Waals surface area contributed by atoms with E-state index in [2.05, 4.69) is 11.4 Å². The lowest BCUT2D eigenvalue weighted by molar-refractivity contribution is 0.219. The van der Waals surface area contributed by atoms with Crippen molar-refractivity contribution in [3.8, 4) is 17.6 Å². The molecule has 0 aliphatic carbocycles. The summed E-state index contributed by atoms with van der Waals surface area (Å²) in [5.74, 6) is 1.29. The van der Waals surface area contributed by atoms with Gasteiger partial charge in [-0.2, -0.15) is 5.26 Å². The minimum atomic E-state index is -0.236. The smallest absolute Gasteiger partial charge is 0.321 e. The fourth-order valence-electron chi connectivity index (χ4n) is 2.77. The Kier molecular flexibility index (Phi) is 7.07. The number of nitrogens with one attached hydrogen (secondary N) is 1. The molecule has 0 radical (unpaired) electrons. The minimum Gasteiger partial charge on any atom is -0.493 e. The van der Waals surface area contributed by atoms with Crippen molar-refractivity contribution in [3.05, 3.63) is 53.1 Å². The van der Waals surface area contributed by atoms with Gasteiger partial charge in [0.25, 0.3) is 0 Å². The molecule has 0 aromatic heterocycles. The minimum absolute atomic E-state index is 0.236. The number of rotatable bonds is 7. The Morgan fingerprint density at radius 3 is 2.63 bits per heavy atom. The number of ether oxygens (including phenoxy) is 2. The Morgan fingerprint density at radius 1 is 1.22 bits per heavy atom. The highest BCUT2D eigenvalue weighted by Crippen LogP contribution is 2.32. The van der Waals surface area contributed by atoms with Crippen LogP contribution in [0.3, 0.4) is 0 Å². The number of carbonyl (C=O) groups excluding carboxylic acids is 1. The van der Waals surface area contributed by atoms with Gasteiger partial charge >= 0.3 is 6.03 Å². The normalized spacial score (nSPS) is 10.0. The topological polar surface area (TPSA) is 74.6 Å². The number of methoxy groups -OCH3 is 1. The Morgan fingerprint density at radius 2 is 2.00 bits per heavy atom. The fraction of sp³-hybridized carbons (Fsp3) is 0.333. The summed E-state index contributed by atoms with van der Waals surface area (Å²) in [6, 6.07) is 12.8. The third-order valence-electron chi connectivity index (χ3n) is 4.18. The molecule has 27 heavy (non-hydrogen) atoms. The van der Waals surface area contributed by atoms with Gasteiger partial charge in [-0.25, -0.2) is 4.79 Å². The van der Waals surface area contributed by atoms with Crippen LogP contribution in [-0.2, 0) is 13.0 Å². The summed E-state index contributed by atoms with van der Waals surface area (Å²) in [6.07, 6.45) is 0.721. The van der Waals surface area contributed by atoms with Crippen LogP contribution in [0.4, 0.5) is 10.5 Å². The van der Waals surface area contributed by atoms with Gasteiger partial charge in [-0.15, -0.1) is 0 Å². The maximum atomic E-state index is 12.6. The molecule has 0 saturated heterocycles. The highest BCUT2D eigenvalue weighted by Gasteiger charge is 2.16. The number of carbonyl (C=O) groups is 1. The standard InChI is InChI=1S/C21H25N3O3/c1-5-16-12-15(13-22)10-11-18(16)23-21(25)24(3)14-17-8-7-9-19(26-4)20(17)27-6-2/h7-12H,5-6,14H2,1-4H3,(H,23,25). The van der Waals surface area contributed by atoms with Crippen molar-refractivity contribution in [3.63, 3.8) is 0 Å². The molecule has 0 heterocycles. The second-order valence-corrected chi connectivity index (χ2v) is 6.01. The predicted molar refractivity (Wildman–Crippen MR) is 105 cm³/mol. The molecule has 2 aromatic carbocycles. The molecule has 0 saturated carbocycles. The van der Waals surface area contributed by atoms with Crippen LogP contribution < -0.4 is 14.8 Å². The maximum absolute atomic E-state index is 12.6. The molecule has 6 nitrogen and oxygen atoms in total. The first-order valence-electron chi connectivity index (χ1n) is 8.87. The molecular weight excluding hydrogens is 342 g/mol. The number of para-hydroxylation sites is 1. The van der Waals surface area contributed by atoms with Crippen molar-refractivity contribution in [2.45, 2.75) is 26.8 Å². The lowest BCUT2D eigenvalue weighted by atomic mass is 10.1. The van der Waals surface area contributed by atoms with E-state index in [9.17, 15) is 4.79 Å². The van der Waals surface area contributed by atoms with Gasteiger partial charge in [-0.1, -0.05) is 19.1 Å². The molecule has 0 aliphatic heterocycles. The second-order valence-electron chi connectivity index (χ2n) is 6.01.